The molecule has 35 heavy (non-hydrogen) atoms. The monoisotopic (exact) mass is 486 g/mol. The molecular formula is C27H29F3N2O3. The quantitative estimate of drug-likeness (QED) is 0.412. The Morgan fingerprint density at radius 3 is 2.46 bits per heavy atom. The summed E-state index contributed by atoms with van der Waals surface area (Å²) < 4.78 is 47.7. The van der Waals surface area contributed by atoms with Gasteiger partial charge in [0.2, 0.25) is 5.91 Å². The number of carbonyl (C=O) groups excluding carboxylic acids is 1. The van der Waals surface area contributed by atoms with Crippen LogP contribution in [0.1, 0.15) is 43.6 Å². The molecule has 2 aromatic carbocycles. The number of halogens is 3. The predicted molar refractivity (Wildman–Crippen MR) is 126 cm³/mol. The summed E-state index contributed by atoms with van der Waals surface area (Å²) in [6.07, 6.45) is 4.24. The maximum atomic E-state index is 14.6. The van der Waals surface area contributed by atoms with Gasteiger partial charge in [0, 0.05) is 30.0 Å². The van der Waals surface area contributed by atoms with Gasteiger partial charge in [-0.15, -0.1) is 0 Å². The first kappa shape index (κ1) is 23.9. The number of rotatable bonds is 9. The number of aromatic amines is 1. The van der Waals surface area contributed by atoms with Gasteiger partial charge in [-0.3, -0.25) is 4.79 Å². The largest absolute Gasteiger partial charge is 0.394 e. The lowest BCUT2D eigenvalue weighted by Crippen LogP contribution is -2.50. The Balaban J connectivity index is 1.39. The van der Waals surface area contributed by atoms with Crippen molar-refractivity contribution in [2.45, 2.75) is 44.1 Å². The molecule has 1 heterocycles. The van der Waals surface area contributed by atoms with Crippen molar-refractivity contribution >= 4 is 16.8 Å². The molecule has 0 spiro atoms. The average molecular weight is 487 g/mol. The molecule has 5 rings (SSSR count). The molecule has 1 amide bonds. The molecule has 2 aliphatic carbocycles. The van der Waals surface area contributed by atoms with Gasteiger partial charge in [0.15, 0.2) is 0 Å². The molecule has 0 atom stereocenters. The van der Waals surface area contributed by atoms with Crippen LogP contribution >= 0.6 is 0 Å². The van der Waals surface area contributed by atoms with E-state index in [4.69, 9.17) is 9.84 Å². The Morgan fingerprint density at radius 2 is 1.80 bits per heavy atom. The number of amides is 1. The van der Waals surface area contributed by atoms with Crippen molar-refractivity contribution < 1.29 is 27.8 Å². The van der Waals surface area contributed by atoms with E-state index in [2.05, 4.69) is 4.98 Å². The summed E-state index contributed by atoms with van der Waals surface area (Å²) in [6, 6.07) is 8.30. The van der Waals surface area contributed by atoms with E-state index in [1.54, 1.807) is 12.1 Å². The van der Waals surface area contributed by atoms with Crippen LogP contribution < -0.4 is 0 Å². The van der Waals surface area contributed by atoms with Gasteiger partial charge in [-0.25, -0.2) is 13.2 Å². The number of H-pyrrole nitrogens is 1. The van der Waals surface area contributed by atoms with Crippen LogP contribution in [0.3, 0.4) is 0 Å². The third-order valence-corrected chi connectivity index (χ3v) is 7.40. The highest BCUT2D eigenvalue weighted by atomic mass is 19.1. The Hall–Kier alpha value is -2.84. The number of nitrogens with one attached hydrogen (secondary N) is 1. The van der Waals surface area contributed by atoms with Gasteiger partial charge < -0.3 is 19.7 Å². The van der Waals surface area contributed by atoms with Crippen molar-refractivity contribution in [3.63, 3.8) is 0 Å². The maximum absolute atomic E-state index is 14.6. The summed E-state index contributed by atoms with van der Waals surface area (Å²) in [5.74, 6) is -1.83. The van der Waals surface area contributed by atoms with Crippen molar-refractivity contribution in [3.05, 3.63) is 59.4 Å². The highest BCUT2D eigenvalue weighted by molar-refractivity contribution is 5.92. The van der Waals surface area contributed by atoms with Gasteiger partial charge in [-0.2, -0.15) is 0 Å². The van der Waals surface area contributed by atoms with Crippen molar-refractivity contribution in [2.75, 3.05) is 26.4 Å². The van der Waals surface area contributed by atoms with E-state index in [1.165, 1.54) is 18.2 Å². The lowest BCUT2D eigenvalue weighted by atomic mass is 9.69. The standard InChI is InChI=1S/C27H29F3N2O3/c28-19-6-4-16(5-7-19)25-24(22-14-20(29)15-23(30)26(22)31-25)17-12-18(13-17)27(34)32(21-2-1-3-21)8-10-35-11-9-33/h4-7,14-15,17-18,21,31,33H,1-3,8-13H2/t17-,18-. The van der Waals surface area contributed by atoms with Crippen LogP contribution in [0.5, 0.6) is 0 Å². The number of hydrogen-bond donors (Lipinski definition) is 2. The number of benzene rings is 2. The maximum Gasteiger partial charge on any atom is 0.226 e. The van der Waals surface area contributed by atoms with Crippen molar-refractivity contribution in [2.24, 2.45) is 5.92 Å². The van der Waals surface area contributed by atoms with Crippen LogP contribution in [0, 0.1) is 23.4 Å². The third kappa shape index (κ3) is 4.69. The van der Waals surface area contributed by atoms with Crippen molar-refractivity contribution in [3.8, 4) is 11.3 Å². The molecule has 0 bridgehead atoms. The zero-order chi connectivity index (χ0) is 24.5. The van der Waals surface area contributed by atoms with E-state index in [1.807, 2.05) is 4.90 Å². The highest BCUT2D eigenvalue weighted by Crippen LogP contribution is 2.49. The van der Waals surface area contributed by atoms with E-state index < -0.39 is 11.6 Å². The number of ether oxygens (including phenoxy) is 1. The molecule has 8 heteroatoms. The lowest BCUT2D eigenvalue weighted by Gasteiger charge is -2.43. The fourth-order valence-corrected chi connectivity index (χ4v) is 5.30. The Labute approximate surface area is 201 Å². The fraction of sp³-hybridized carbons (Fsp3) is 0.444. The van der Waals surface area contributed by atoms with Crippen molar-refractivity contribution in [1.82, 2.24) is 9.88 Å². The van der Waals surface area contributed by atoms with E-state index in [0.717, 1.165) is 30.9 Å². The minimum atomic E-state index is -0.680. The number of carbonyl (C=O) groups is 1. The first-order chi connectivity index (χ1) is 17.0. The van der Waals surface area contributed by atoms with Crippen molar-refractivity contribution in [1.29, 1.82) is 0 Å². The van der Waals surface area contributed by atoms with Crippen LogP contribution in [0.2, 0.25) is 0 Å². The summed E-state index contributed by atoms with van der Waals surface area (Å²) in [4.78, 5) is 18.4. The molecule has 0 unspecified atom stereocenters. The van der Waals surface area contributed by atoms with E-state index in [-0.39, 0.29) is 48.3 Å². The minimum Gasteiger partial charge on any atom is -0.394 e. The lowest BCUT2D eigenvalue weighted by molar-refractivity contribution is -0.144. The fourth-order valence-electron chi connectivity index (χ4n) is 5.30. The van der Waals surface area contributed by atoms with Gasteiger partial charge >= 0.3 is 0 Å². The molecule has 0 radical (unpaired) electrons. The van der Waals surface area contributed by atoms with Gasteiger partial charge in [0.1, 0.15) is 17.5 Å². The van der Waals surface area contributed by atoms with E-state index in [0.29, 0.717) is 42.6 Å². The Kier molecular flexibility index (Phi) is 6.84. The first-order valence-electron chi connectivity index (χ1n) is 12.2. The number of fused-ring (bicyclic) bond motifs is 1. The second-order valence-corrected chi connectivity index (χ2v) is 9.55. The highest BCUT2D eigenvalue weighted by Gasteiger charge is 2.42. The molecular weight excluding hydrogens is 457 g/mol. The molecule has 5 nitrogen and oxygen atoms in total. The normalized spacial score (nSPS) is 20.0. The second-order valence-electron chi connectivity index (χ2n) is 9.55. The van der Waals surface area contributed by atoms with Crippen LogP contribution in [0.15, 0.2) is 36.4 Å². The number of hydrogen-bond acceptors (Lipinski definition) is 3. The predicted octanol–water partition coefficient (Wildman–Crippen LogP) is 5.14. The second kappa shape index (κ2) is 10.0. The Bertz CT molecular complexity index is 1200. The molecule has 2 saturated carbocycles. The topological polar surface area (TPSA) is 65.6 Å². The summed E-state index contributed by atoms with van der Waals surface area (Å²) in [7, 11) is 0. The smallest absolute Gasteiger partial charge is 0.226 e. The molecule has 1 aromatic heterocycles. The Morgan fingerprint density at radius 1 is 1.06 bits per heavy atom. The molecule has 2 fully saturated rings. The van der Waals surface area contributed by atoms with Gasteiger partial charge in [0.05, 0.1) is 31.0 Å². The summed E-state index contributed by atoms with van der Waals surface area (Å²) in [6.45, 7) is 1.07. The van der Waals surface area contributed by atoms with Crippen LogP contribution in [-0.4, -0.2) is 53.3 Å². The molecule has 0 saturated heterocycles. The average Bonchev–Trinajstić information content (AvgIpc) is 3.13. The SMILES string of the molecule is O=C([C@H]1C[C@H](c2c(-c3ccc(F)cc3)[nH]c3c(F)cc(F)cc32)C1)N(CCOCCO)C1CCC1. The molecule has 0 aliphatic heterocycles. The van der Waals surface area contributed by atoms with Gasteiger partial charge in [-0.1, -0.05) is 0 Å². The molecule has 2 N–H and O–H groups in total. The van der Waals surface area contributed by atoms with Crippen LogP contribution in [0.25, 0.3) is 22.2 Å². The number of nitrogens with zero attached hydrogens (tertiary/aromatic N) is 1. The van der Waals surface area contributed by atoms with Gasteiger partial charge in [0.25, 0.3) is 0 Å². The first-order valence-corrected chi connectivity index (χ1v) is 12.2. The van der Waals surface area contributed by atoms with Crippen LogP contribution in [-0.2, 0) is 9.53 Å². The number of aliphatic hydroxyl groups is 1. The zero-order valence-corrected chi connectivity index (χ0v) is 19.4. The molecule has 2 aliphatic rings. The number of aromatic nitrogens is 1. The van der Waals surface area contributed by atoms with Gasteiger partial charge in [-0.05, 0) is 79.5 Å². The minimum absolute atomic E-state index is 0.0483. The summed E-state index contributed by atoms with van der Waals surface area (Å²) in [5.41, 5.74) is 2.31. The summed E-state index contributed by atoms with van der Waals surface area (Å²) in [5, 5.41) is 9.38. The van der Waals surface area contributed by atoms with E-state index >= 15 is 0 Å². The van der Waals surface area contributed by atoms with E-state index in [9.17, 15) is 18.0 Å². The third-order valence-electron chi connectivity index (χ3n) is 7.40. The number of aliphatic hydroxyl groups excluding tert-OH is 1. The summed E-state index contributed by atoms with van der Waals surface area (Å²) >= 11 is 0. The van der Waals surface area contributed by atoms with Crippen LogP contribution in [0.4, 0.5) is 13.2 Å². The molecule has 3 aromatic rings. The zero-order valence-electron chi connectivity index (χ0n) is 19.4. The molecule has 186 valence electrons.